The van der Waals surface area contributed by atoms with Crippen molar-refractivity contribution in [3.05, 3.63) is 52.5 Å². The van der Waals surface area contributed by atoms with E-state index in [4.69, 9.17) is 21.7 Å². The van der Waals surface area contributed by atoms with Crippen molar-refractivity contribution in [1.29, 1.82) is 0 Å². The van der Waals surface area contributed by atoms with Gasteiger partial charge in [-0.3, -0.25) is 9.69 Å². The van der Waals surface area contributed by atoms with Gasteiger partial charge in [-0.15, -0.1) is 0 Å². The highest BCUT2D eigenvalue weighted by molar-refractivity contribution is 9.10. The van der Waals surface area contributed by atoms with Crippen LogP contribution in [0.15, 0.2) is 46.9 Å². The van der Waals surface area contributed by atoms with E-state index in [1.807, 2.05) is 61.2 Å². The van der Waals surface area contributed by atoms with Crippen LogP contribution in [0.2, 0.25) is 0 Å². The first kappa shape index (κ1) is 20.9. The highest BCUT2D eigenvalue weighted by Crippen LogP contribution is 2.52. The maximum absolute atomic E-state index is 13.4. The molecule has 6 nitrogen and oxygen atoms in total. The van der Waals surface area contributed by atoms with Crippen LogP contribution in [0.5, 0.6) is 11.5 Å². The summed E-state index contributed by atoms with van der Waals surface area (Å²) >= 11 is 9.29. The number of carbonyl (C=O) groups excluding carboxylic acids is 1. The Hall–Kier alpha value is -2.32. The number of fused-ring (bicyclic) bond motifs is 4. The van der Waals surface area contributed by atoms with Crippen molar-refractivity contribution in [1.82, 2.24) is 10.2 Å². The number of nitrogens with zero attached hydrogens (tertiary/aromatic N) is 2. The summed E-state index contributed by atoms with van der Waals surface area (Å²) in [5.41, 5.74) is 0.654. The van der Waals surface area contributed by atoms with Crippen molar-refractivity contribution in [2.45, 2.75) is 25.6 Å². The van der Waals surface area contributed by atoms with Crippen LogP contribution in [0.4, 0.5) is 5.69 Å². The largest absolute Gasteiger partial charge is 0.490 e. The second-order valence-electron chi connectivity index (χ2n) is 7.72. The van der Waals surface area contributed by atoms with E-state index in [2.05, 4.69) is 21.2 Å². The lowest BCUT2D eigenvalue weighted by Gasteiger charge is -2.56. The zero-order valence-electron chi connectivity index (χ0n) is 17.3. The number of thiocarbonyl (C=S) groups is 1. The molecule has 1 amide bonds. The van der Waals surface area contributed by atoms with Gasteiger partial charge in [0.15, 0.2) is 22.3 Å². The fourth-order valence-electron chi connectivity index (χ4n) is 4.30. The maximum atomic E-state index is 13.4. The third-order valence-electron chi connectivity index (χ3n) is 5.56. The van der Waals surface area contributed by atoms with E-state index in [-0.39, 0.29) is 11.9 Å². The molecule has 2 aliphatic rings. The molecule has 4 rings (SSSR count). The number of amides is 1. The Morgan fingerprint density at radius 1 is 1.33 bits per heavy atom. The highest BCUT2D eigenvalue weighted by atomic mass is 79.9. The van der Waals surface area contributed by atoms with Crippen LogP contribution in [0.25, 0.3) is 0 Å². The van der Waals surface area contributed by atoms with Crippen LogP contribution in [0.3, 0.4) is 0 Å². The van der Waals surface area contributed by atoms with Gasteiger partial charge in [0.25, 0.3) is 0 Å². The number of hydrogen-bond donors (Lipinski definition) is 1. The summed E-state index contributed by atoms with van der Waals surface area (Å²) in [7, 11) is 3.52. The molecular weight excluding hydrogens is 466 g/mol. The van der Waals surface area contributed by atoms with E-state index in [9.17, 15) is 4.79 Å². The molecule has 0 unspecified atom stereocenters. The minimum absolute atomic E-state index is 0.0371. The molecule has 1 fully saturated rings. The zero-order valence-corrected chi connectivity index (χ0v) is 19.7. The molecule has 2 bridgehead atoms. The van der Waals surface area contributed by atoms with Crippen molar-refractivity contribution < 1.29 is 14.3 Å². The van der Waals surface area contributed by atoms with Crippen LogP contribution in [0, 0.1) is 5.92 Å². The first-order valence-corrected chi connectivity index (χ1v) is 11.0. The fourth-order valence-corrected chi connectivity index (χ4v) is 5.10. The van der Waals surface area contributed by atoms with Gasteiger partial charge >= 0.3 is 0 Å². The average molecular weight is 490 g/mol. The van der Waals surface area contributed by atoms with Gasteiger partial charge in [0.1, 0.15) is 5.92 Å². The van der Waals surface area contributed by atoms with Crippen LogP contribution >= 0.6 is 28.1 Å². The Morgan fingerprint density at radius 2 is 2.07 bits per heavy atom. The number of halogens is 1. The predicted molar refractivity (Wildman–Crippen MR) is 124 cm³/mol. The monoisotopic (exact) mass is 489 g/mol. The van der Waals surface area contributed by atoms with Gasteiger partial charge in [-0.2, -0.15) is 0 Å². The van der Waals surface area contributed by atoms with E-state index in [1.165, 1.54) is 0 Å². The molecule has 0 radical (unpaired) electrons. The lowest BCUT2D eigenvalue weighted by molar-refractivity contribution is -0.144. The molecule has 0 saturated carbocycles. The van der Waals surface area contributed by atoms with Crippen LogP contribution in [0.1, 0.15) is 25.5 Å². The van der Waals surface area contributed by atoms with Crippen molar-refractivity contribution in [3.63, 3.8) is 0 Å². The summed E-state index contributed by atoms with van der Waals surface area (Å²) < 4.78 is 13.4. The summed E-state index contributed by atoms with van der Waals surface area (Å²) in [6.45, 7) is 4.37. The third kappa shape index (κ3) is 3.22. The van der Waals surface area contributed by atoms with Crippen molar-refractivity contribution in [3.8, 4) is 11.5 Å². The topological polar surface area (TPSA) is 54.0 Å². The van der Waals surface area contributed by atoms with E-state index in [0.717, 1.165) is 15.7 Å². The summed E-state index contributed by atoms with van der Waals surface area (Å²) in [6, 6.07) is 13.2. The molecule has 2 aliphatic heterocycles. The van der Waals surface area contributed by atoms with Gasteiger partial charge in [-0.05, 0) is 50.3 Å². The smallest absolute Gasteiger partial charge is 0.233 e. The van der Waals surface area contributed by atoms with Crippen LogP contribution in [-0.2, 0) is 4.79 Å². The van der Waals surface area contributed by atoms with E-state index >= 15 is 0 Å². The molecule has 2 aromatic rings. The van der Waals surface area contributed by atoms with E-state index in [0.29, 0.717) is 23.2 Å². The van der Waals surface area contributed by atoms with Crippen molar-refractivity contribution in [2.24, 2.45) is 5.92 Å². The number of nitrogens with one attached hydrogen (secondary N) is 1. The molecule has 1 N–H and O–H groups in total. The fraction of sp³-hybridized carbons (Fsp3) is 0.364. The van der Waals surface area contributed by atoms with Crippen molar-refractivity contribution in [2.75, 3.05) is 25.6 Å². The SMILES string of the molecule is CCOc1cccc2c1O[C@@]1(C)[C@@H](C(=O)N(C)C)[C@H]2NC(=S)N1c1cccc(Br)c1. The first-order valence-electron chi connectivity index (χ1n) is 9.80. The van der Waals surface area contributed by atoms with E-state index < -0.39 is 11.6 Å². The number of rotatable bonds is 4. The summed E-state index contributed by atoms with van der Waals surface area (Å²) in [5.74, 6) is 0.739. The quantitative estimate of drug-likeness (QED) is 0.652. The van der Waals surface area contributed by atoms with Gasteiger partial charge in [-0.25, -0.2) is 0 Å². The average Bonchev–Trinajstić information content (AvgIpc) is 2.68. The first-order chi connectivity index (χ1) is 14.3. The Balaban J connectivity index is 1.93. The zero-order chi connectivity index (χ0) is 21.6. The number of anilines is 1. The molecule has 158 valence electrons. The van der Waals surface area contributed by atoms with Gasteiger partial charge in [0.2, 0.25) is 5.91 Å². The number of carbonyl (C=O) groups is 1. The molecule has 30 heavy (non-hydrogen) atoms. The van der Waals surface area contributed by atoms with Gasteiger partial charge < -0.3 is 19.7 Å². The normalized spacial score (nSPS) is 24.4. The molecule has 2 aromatic carbocycles. The standard InChI is InChI=1S/C22H24BrN3O3S/c1-5-28-16-11-7-10-15-18-17(20(27)25(3)4)22(2,29-19(15)16)26(21(30)24-18)14-9-6-8-13(23)12-14/h6-12,17-18H,5H2,1-4H3,(H,24,30)/t17-,18+,22+/m1/s1. The third-order valence-corrected chi connectivity index (χ3v) is 6.36. The number of ether oxygens (including phenoxy) is 2. The minimum Gasteiger partial charge on any atom is -0.490 e. The summed E-state index contributed by atoms with van der Waals surface area (Å²) in [5, 5.41) is 3.92. The van der Waals surface area contributed by atoms with Crippen molar-refractivity contribution >= 4 is 44.9 Å². The Bertz CT molecular complexity index is 1010. The maximum Gasteiger partial charge on any atom is 0.233 e. The van der Waals surface area contributed by atoms with Gasteiger partial charge in [0.05, 0.1) is 12.6 Å². The number of para-hydroxylation sites is 1. The highest BCUT2D eigenvalue weighted by Gasteiger charge is 2.60. The number of hydrogen-bond acceptors (Lipinski definition) is 4. The minimum atomic E-state index is -1.05. The molecule has 1 saturated heterocycles. The second-order valence-corrected chi connectivity index (χ2v) is 9.02. The molecule has 0 aliphatic carbocycles. The number of benzene rings is 2. The molecule has 8 heteroatoms. The van der Waals surface area contributed by atoms with Crippen LogP contribution in [-0.4, -0.2) is 42.3 Å². The molecule has 2 heterocycles. The Kier molecular flexibility index (Phi) is 5.40. The van der Waals surface area contributed by atoms with Gasteiger partial charge in [-0.1, -0.05) is 34.1 Å². The molecule has 0 aromatic heterocycles. The lowest BCUT2D eigenvalue weighted by Crippen LogP contribution is -2.72. The van der Waals surface area contributed by atoms with Crippen LogP contribution < -0.4 is 19.7 Å². The Morgan fingerprint density at radius 3 is 2.73 bits per heavy atom. The van der Waals surface area contributed by atoms with Gasteiger partial charge in [0, 0.05) is 29.8 Å². The Labute approximate surface area is 190 Å². The lowest BCUT2D eigenvalue weighted by atomic mass is 9.78. The van der Waals surface area contributed by atoms with E-state index in [1.54, 1.807) is 19.0 Å². The second kappa shape index (κ2) is 7.74. The predicted octanol–water partition coefficient (Wildman–Crippen LogP) is 4.10. The molecular formula is C22H24BrN3O3S. The molecule has 0 spiro atoms. The molecule has 3 atom stereocenters. The summed E-state index contributed by atoms with van der Waals surface area (Å²) in [4.78, 5) is 16.9. The summed E-state index contributed by atoms with van der Waals surface area (Å²) in [6.07, 6.45) is 0.